The minimum atomic E-state index is -4.02. The molecule has 0 spiro atoms. The van der Waals surface area contributed by atoms with E-state index >= 15 is 0 Å². The first-order chi connectivity index (χ1) is 17.0. The highest BCUT2D eigenvalue weighted by atomic mass is 31.2. The molecule has 0 amide bonds. The normalized spacial score (nSPS) is 11.3. The van der Waals surface area contributed by atoms with E-state index in [-0.39, 0.29) is 0 Å². The zero-order valence-corrected chi connectivity index (χ0v) is 22.3. The monoisotopic (exact) mass is 494 g/mol. The lowest BCUT2D eigenvalue weighted by atomic mass is 10.1. The molecule has 0 aliphatic heterocycles. The lowest BCUT2D eigenvalue weighted by Gasteiger charge is -2.20. The molecule has 0 N–H and O–H groups in total. The highest BCUT2D eigenvalue weighted by Crippen LogP contribution is 2.50. The maximum atomic E-state index is 14.0. The van der Waals surface area contributed by atoms with Gasteiger partial charge >= 0.3 is 7.82 Å². The summed E-state index contributed by atoms with van der Waals surface area (Å²) in [5.74, 6) is 1.43. The lowest BCUT2D eigenvalue weighted by molar-refractivity contribution is 0.298. The Morgan fingerprint density at radius 3 is 1.14 bits per heavy atom. The molecule has 0 heterocycles. The topological polar surface area (TPSA) is 44.8 Å². The first kappa shape index (κ1) is 26.9. The van der Waals surface area contributed by atoms with Gasteiger partial charge in [-0.1, -0.05) is 76.4 Å². The molecule has 0 aliphatic rings. The van der Waals surface area contributed by atoms with Crippen molar-refractivity contribution in [3.8, 4) is 17.2 Å². The number of aryl methyl sites for hydroxylation is 3. The highest BCUT2D eigenvalue weighted by molar-refractivity contribution is 7.49. The standard InChI is InChI=1S/C30H39O4P/c1-4-7-13-25-16-10-19-28(22-25)32-35(31,33-29-20-11-17-26(23-29)14-8-5-2)34-30-21-12-18-27(24-30)15-9-6-3/h10-12,16-24H,4-9,13-15H2,1-3H3. The van der Waals surface area contributed by atoms with Crippen LogP contribution in [0, 0.1) is 0 Å². The fourth-order valence-electron chi connectivity index (χ4n) is 3.86. The maximum Gasteiger partial charge on any atom is 0.647 e. The summed E-state index contributed by atoms with van der Waals surface area (Å²) in [6.45, 7) is 6.50. The zero-order valence-electron chi connectivity index (χ0n) is 21.4. The van der Waals surface area contributed by atoms with Crippen molar-refractivity contribution < 1.29 is 18.1 Å². The summed E-state index contributed by atoms with van der Waals surface area (Å²) in [6, 6.07) is 23.1. The third kappa shape index (κ3) is 9.11. The largest absolute Gasteiger partial charge is 0.647 e. The number of unbranched alkanes of at least 4 members (excludes halogenated alkanes) is 3. The number of phosphoric acid groups is 1. The Morgan fingerprint density at radius 1 is 0.543 bits per heavy atom. The molecular formula is C30H39O4P. The SMILES string of the molecule is CCCCc1cccc(OP(=O)(Oc2cccc(CCCC)c2)Oc2cccc(CCCC)c2)c1. The van der Waals surface area contributed by atoms with E-state index < -0.39 is 7.82 Å². The Labute approximate surface area is 211 Å². The van der Waals surface area contributed by atoms with Crippen molar-refractivity contribution in [3.63, 3.8) is 0 Å². The average molecular weight is 495 g/mol. The van der Waals surface area contributed by atoms with Gasteiger partial charge in [0.25, 0.3) is 0 Å². The van der Waals surface area contributed by atoms with Gasteiger partial charge in [0.15, 0.2) is 0 Å². The van der Waals surface area contributed by atoms with Crippen LogP contribution in [0.15, 0.2) is 72.8 Å². The van der Waals surface area contributed by atoms with E-state index in [4.69, 9.17) is 13.6 Å². The van der Waals surface area contributed by atoms with Gasteiger partial charge in [0.2, 0.25) is 0 Å². The molecule has 3 aromatic carbocycles. The number of hydrogen-bond donors (Lipinski definition) is 0. The van der Waals surface area contributed by atoms with Gasteiger partial charge in [0.05, 0.1) is 0 Å². The van der Waals surface area contributed by atoms with Gasteiger partial charge in [0, 0.05) is 0 Å². The quantitative estimate of drug-likeness (QED) is 0.197. The van der Waals surface area contributed by atoms with E-state index in [1.807, 2.05) is 36.4 Å². The van der Waals surface area contributed by atoms with Crippen molar-refractivity contribution in [1.29, 1.82) is 0 Å². The molecule has 0 bridgehead atoms. The van der Waals surface area contributed by atoms with E-state index in [9.17, 15) is 4.57 Å². The molecule has 3 rings (SSSR count). The van der Waals surface area contributed by atoms with Gasteiger partial charge in [-0.2, -0.15) is 4.57 Å². The molecule has 0 aliphatic carbocycles. The molecule has 0 saturated carbocycles. The molecule has 188 valence electrons. The Bertz CT molecular complexity index is 958. The number of rotatable bonds is 15. The Balaban J connectivity index is 1.87. The van der Waals surface area contributed by atoms with Gasteiger partial charge in [-0.25, -0.2) is 0 Å². The van der Waals surface area contributed by atoms with Crippen LogP contribution in [0.3, 0.4) is 0 Å². The van der Waals surface area contributed by atoms with Crippen LogP contribution < -0.4 is 13.6 Å². The minimum absolute atomic E-state index is 0.478. The molecule has 3 aromatic rings. The van der Waals surface area contributed by atoms with Crippen molar-refractivity contribution in [2.45, 2.75) is 78.6 Å². The smallest absolute Gasteiger partial charge is 0.386 e. The van der Waals surface area contributed by atoms with E-state index in [1.165, 1.54) is 0 Å². The summed E-state index contributed by atoms with van der Waals surface area (Å²) in [6.07, 6.45) is 9.42. The second-order valence-electron chi connectivity index (χ2n) is 8.97. The Morgan fingerprint density at radius 2 is 0.857 bits per heavy atom. The van der Waals surface area contributed by atoms with Gasteiger partial charge in [-0.15, -0.1) is 0 Å². The van der Waals surface area contributed by atoms with Gasteiger partial charge in [-0.3, -0.25) is 0 Å². The van der Waals surface area contributed by atoms with Gasteiger partial charge in [0.1, 0.15) is 17.2 Å². The first-order valence-electron chi connectivity index (χ1n) is 13.0. The van der Waals surface area contributed by atoms with Crippen molar-refractivity contribution in [2.75, 3.05) is 0 Å². The Hall–Kier alpha value is -2.71. The molecule has 0 unspecified atom stereocenters. The van der Waals surface area contributed by atoms with Crippen LogP contribution >= 0.6 is 7.82 Å². The third-order valence-electron chi connectivity index (χ3n) is 5.80. The summed E-state index contributed by atoms with van der Waals surface area (Å²) in [7, 11) is -4.02. The van der Waals surface area contributed by atoms with Crippen molar-refractivity contribution in [1.82, 2.24) is 0 Å². The number of hydrogen-bond acceptors (Lipinski definition) is 4. The van der Waals surface area contributed by atoms with E-state index in [1.54, 1.807) is 18.2 Å². The summed E-state index contributed by atoms with van der Waals surface area (Å²) >= 11 is 0. The van der Waals surface area contributed by atoms with Crippen LogP contribution in [-0.4, -0.2) is 0 Å². The molecule has 0 aromatic heterocycles. The van der Waals surface area contributed by atoms with Crippen LogP contribution in [0.5, 0.6) is 17.2 Å². The predicted octanol–water partition coefficient (Wildman–Crippen LogP) is 9.36. The van der Waals surface area contributed by atoms with E-state index in [2.05, 4.69) is 39.0 Å². The van der Waals surface area contributed by atoms with Crippen LogP contribution in [0.2, 0.25) is 0 Å². The molecular weight excluding hydrogens is 455 g/mol. The fourth-order valence-corrected chi connectivity index (χ4v) is 5.09. The third-order valence-corrected chi connectivity index (χ3v) is 7.11. The molecule has 4 nitrogen and oxygen atoms in total. The van der Waals surface area contributed by atoms with Crippen LogP contribution in [0.25, 0.3) is 0 Å². The Kier molecular flexibility index (Phi) is 10.8. The number of phosphoric ester groups is 1. The molecule has 35 heavy (non-hydrogen) atoms. The molecule has 5 heteroatoms. The predicted molar refractivity (Wildman–Crippen MR) is 145 cm³/mol. The van der Waals surface area contributed by atoms with Crippen LogP contribution in [0.1, 0.15) is 76.0 Å². The molecule has 0 radical (unpaired) electrons. The lowest BCUT2D eigenvalue weighted by Crippen LogP contribution is -2.08. The summed E-state index contributed by atoms with van der Waals surface area (Å²) in [4.78, 5) is 0. The second kappa shape index (κ2) is 14.0. The average Bonchev–Trinajstić information content (AvgIpc) is 2.85. The van der Waals surface area contributed by atoms with Gasteiger partial charge in [-0.05, 0) is 91.6 Å². The van der Waals surface area contributed by atoms with Crippen LogP contribution in [-0.2, 0) is 23.8 Å². The van der Waals surface area contributed by atoms with Crippen LogP contribution in [0.4, 0.5) is 0 Å². The summed E-state index contributed by atoms with van der Waals surface area (Å²) in [5, 5.41) is 0. The minimum Gasteiger partial charge on any atom is -0.386 e. The highest BCUT2D eigenvalue weighted by Gasteiger charge is 2.33. The fraction of sp³-hybridized carbons (Fsp3) is 0.400. The summed E-state index contributed by atoms with van der Waals surface area (Å²) in [5.41, 5.74) is 3.41. The van der Waals surface area contributed by atoms with Crippen molar-refractivity contribution in [3.05, 3.63) is 89.5 Å². The molecule has 0 fully saturated rings. The molecule has 0 saturated heterocycles. The van der Waals surface area contributed by atoms with Crippen molar-refractivity contribution in [2.24, 2.45) is 0 Å². The number of benzene rings is 3. The zero-order chi connectivity index (χ0) is 24.9. The molecule has 0 atom stereocenters. The first-order valence-corrected chi connectivity index (χ1v) is 14.4. The van der Waals surface area contributed by atoms with E-state index in [0.717, 1.165) is 74.5 Å². The maximum absolute atomic E-state index is 14.0. The van der Waals surface area contributed by atoms with E-state index in [0.29, 0.717) is 17.2 Å². The van der Waals surface area contributed by atoms with Gasteiger partial charge < -0.3 is 13.6 Å². The second-order valence-corrected chi connectivity index (χ2v) is 10.4. The summed E-state index contributed by atoms with van der Waals surface area (Å²) < 4.78 is 32.0. The van der Waals surface area contributed by atoms with Crippen molar-refractivity contribution >= 4 is 7.82 Å².